The molecule has 0 saturated carbocycles. The van der Waals surface area contributed by atoms with Gasteiger partial charge in [0.15, 0.2) is 5.82 Å². The Morgan fingerprint density at radius 3 is 2.91 bits per heavy atom. The highest BCUT2D eigenvalue weighted by Gasteiger charge is 2.19. The number of likely N-dealkylation sites (tertiary alicyclic amines) is 1. The predicted octanol–water partition coefficient (Wildman–Crippen LogP) is 4.78. The Morgan fingerprint density at radius 1 is 1.29 bits per heavy atom. The van der Waals surface area contributed by atoms with Gasteiger partial charge in [0.05, 0.1) is 28.5 Å². The van der Waals surface area contributed by atoms with E-state index in [-0.39, 0.29) is 29.3 Å². The zero-order valence-electron chi connectivity index (χ0n) is 19.6. The van der Waals surface area contributed by atoms with Crippen LogP contribution in [-0.2, 0) is 9.53 Å². The van der Waals surface area contributed by atoms with Crippen LogP contribution in [0.4, 0.5) is 21.6 Å². The fraction of sp³-hybridized carbons (Fsp3) is 0.320. The van der Waals surface area contributed by atoms with Gasteiger partial charge in [0.25, 0.3) is 0 Å². The van der Waals surface area contributed by atoms with Gasteiger partial charge in [-0.05, 0) is 44.6 Å². The zero-order valence-corrected chi connectivity index (χ0v) is 20.3. The Bertz CT molecular complexity index is 1240. The van der Waals surface area contributed by atoms with Crippen molar-refractivity contribution in [2.24, 2.45) is 0 Å². The predicted molar refractivity (Wildman–Crippen MR) is 135 cm³/mol. The molecule has 0 radical (unpaired) electrons. The van der Waals surface area contributed by atoms with Crippen LogP contribution in [0.15, 0.2) is 48.8 Å². The van der Waals surface area contributed by atoms with E-state index in [0.717, 1.165) is 19.4 Å². The van der Waals surface area contributed by atoms with Crippen molar-refractivity contribution >= 4 is 45.6 Å². The first-order chi connectivity index (χ1) is 17.0. The van der Waals surface area contributed by atoms with Crippen molar-refractivity contribution in [3.05, 3.63) is 59.7 Å². The Kier molecular flexibility index (Phi) is 8.12. The summed E-state index contributed by atoms with van der Waals surface area (Å²) < 4.78 is 25.4. The lowest BCUT2D eigenvalue weighted by Gasteiger charge is -2.16. The van der Waals surface area contributed by atoms with Crippen LogP contribution in [0.5, 0.6) is 5.75 Å². The van der Waals surface area contributed by atoms with Crippen LogP contribution in [0, 0.1) is 5.82 Å². The second-order valence-electron chi connectivity index (χ2n) is 8.19. The molecule has 35 heavy (non-hydrogen) atoms. The van der Waals surface area contributed by atoms with Crippen molar-refractivity contribution in [1.29, 1.82) is 0 Å². The van der Waals surface area contributed by atoms with Gasteiger partial charge in [-0.15, -0.1) is 0 Å². The van der Waals surface area contributed by atoms with Crippen LogP contribution in [-0.4, -0.2) is 60.7 Å². The van der Waals surface area contributed by atoms with Crippen molar-refractivity contribution < 1.29 is 18.7 Å². The van der Waals surface area contributed by atoms with Crippen molar-refractivity contribution in [3.8, 4) is 5.75 Å². The molecule has 2 N–H and O–H groups in total. The summed E-state index contributed by atoms with van der Waals surface area (Å²) in [5.74, 6) is -0.0735. The van der Waals surface area contributed by atoms with Crippen LogP contribution < -0.4 is 15.4 Å². The molecule has 1 amide bonds. The number of benzene rings is 2. The molecule has 0 spiro atoms. The van der Waals surface area contributed by atoms with Gasteiger partial charge in [0, 0.05) is 30.7 Å². The summed E-state index contributed by atoms with van der Waals surface area (Å²) in [6.07, 6.45) is 6.95. The number of likely N-dealkylation sites (N-methyl/N-ethyl adjacent to an activating group) is 1. The topological polar surface area (TPSA) is 88.6 Å². The van der Waals surface area contributed by atoms with E-state index in [0.29, 0.717) is 34.8 Å². The van der Waals surface area contributed by atoms with E-state index in [1.54, 1.807) is 31.4 Å². The molecule has 1 fully saturated rings. The Hall–Kier alpha value is -3.27. The molecule has 4 rings (SSSR count). The van der Waals surface area contributed by atoms with Crippen molar-refractivity contribution in [2.75, 3.05) is 44.5 Å². The van der Waals surface area contributed by atoms with Gasteiger partial charge in [-0.3, -0.25) is 9.69 Å². The first kappa shape index (κ1) is 24.8. The number of ether oxygens (including phenoxy) is 2. The number of amides is 1. The lowest BCUT2D eigenvalue weighted by Crippen LogP contribution is -2.23. The normalized spacial score (nSPS) is 16.2. The molecule has 0 unspecified atom stereocenters. The average Bonchev–Trinajstić information content (AvgIpc) is 3.26. The molecular formula is C25H27ClFN5O3. The van der Waals surface area contributed by atoms with E-state index in [4.69, 9.17) is 21.1 Å². The first-order valence-electron chi connectivity index (χ1n) is 11.3. The Balaban J connectivity index is 1.65. The van der Waals surface area contributed by atoms with E-state index < -0.39 is 5.82 Å². The third-order valence-electron chi connectivity index (χ3n) is 5.79. The average molecular weight is 500 g/mol. The number of halogens is 2. The fourth-order valence-corrected chi connectivity index (χ4v) is 4.09. The molecule has 3 aromatic rings. The van der Waals surface area contributed by atoms with Gasteiger partial charge in [-0.25, -0.2) is 14.4 Å². The Labute approximate surface area is 208 Å². The summed E-state index contributed by atoms with van der Waals surface area (Å²) in [5, 5.41) is 6.43. The molecule has 10 heteroatoms. The minimum Gasteiger partial charge on any atom is -0.489 e. The second-order valence-corrected chi connectivity index (χ2v) is 8.60. The highest BCUT2D eigenvalue weighted by molar-refractivity contribution is 6.31. The third kappa shape index (κ3) is 6.05. The van der Waals surface area contributed by atoms with Crippen LogP contribution in [0.1, 0.15) is 12.8 Å². The first-order valence-corrected chi connectivity index (χ1v) is 11.6. The van der Waals surface area contributed by atoms with E-state index in [9.17, 15) is 9.18 Å². The number of carbonyl (C=O) groups is 1. The molecule has 1 atom stereocenters. The van der Waals surface area contributed by atoms with Crippen LogP contribution in [0.3, 0.4) is 0 Å². The van der Waals surface area contributed by atoms with Gasteiger partial charge in [0.1, 0.15) is 24.5 Å². The van der Waals surface area contributed by atoms with Crippen LogP contribution >= 0.6 is 11.6 Å². The van der Waals surface area contributed by atoms with Crippen molar-refractivity contribution in [2.45, 2.75) is 18.9 Å². The number of anilines is 3. The molecule has 2 aromatic carbocycles. The van der Waals surface area contributed by atoms with Gasteiger partial charge < -0.3 is 20.1 Å². The summed E-state index contributed by atoms with van der Waals surface area (Å²) in [4.78, 5) is 23.5. The van der Waals surface area contributed by atoms with E-state index in [1.165, 1.54) is 18.5 Å². The third-order valence-corrected chi connectivity index (χ3v) is 6.08. The minimum absolute atomic E-state index is 0.00478. The highest BCUT2D eigenvalue weighted by Crippen LogP contribution is 2.34. The quantitative estimate of drug-likeness (QED) is 0.323. The number of nitrogens with one attached hydrogen (secondary N) is 2. The molecule has 184 valence electrons. The monoisotopic (exact) mass is 499 g/mol. The molecule has 1 aliphatic heterocycles. The number of fused-ring (bicyclic) bond motifs is 1. The number of methoxy groups -OCH3 is 1. The molecule has 0 aliphatic carbocycles. The van der Waals surface area contributed by atoms with Crippen LogP contribution in [0.25, 0.3) is 10.9 Å². The van der Waals surface area contributed by atoms with E-state index in [2.05, 4.69) is 25.5 Å². The maximum atomic E-state index is 14.5. The van der Waals surface area contributed by atoms with Crippen molar-refractivity contribution in [3.63, 3.8) is 0 Å². The SMILES string of the molecule is COCCOc1cc2ncnc(Nc3cccc(Cl)c3F)c2cc1NC(=O)/C=C/[C@H]1CCCN1C. The molecule has 1 aromatic heterocycles. The van der Waals surface area contributed by atoms with E-state index >= 15 is 0 Å². The smallest absolute Gasteiger partial charge is 0.248 e. The molecule has 0 bridgehead atoms. The van der Waals surface area contributed by atoms with Crippen LogP contribution in [0.2, 0.25) is 5.02 Å². The number of hydrogen-bond acceptors (Lipinski definition) is 7. The number of carbonyl (C=O) groups excluding carboxylic acids is 1. The number of rotatable bonds is 9. The maximum absolute atomic E-state index is 14.5. The summed E-state index contributed by atoms with van der Waals surface area (Å²) in [5.41, 5.74) is 1.16. The van der Waals surface area contributed by atoms with E-state index in [1.807, 2.05) is 13.1 Å². The zero-order chi connectivity index (χ0) is 24.8. The molecule has 1 aliphatic rings. The molecule has 1 saturated heterocycles. The fourth-order valence-electron chi connectivity index (χ4n) is 3.92. The largest absolute Gasteiger partial charge is 0.489 e. The summed E-state index contributed by atoms with van der Waals surface area (Å²) in [6, 6.07) is 8.32. The number of nitrogens with zero attached hydrogens (tertiary/aromatic N) is 3. The lowest BCUT2D eigenvalue weighted by molar-refractivity contribution is -0.112. The van der Waals surface area contributed by atoms with Crippen molar-refractivity contribution in [1.82, 2.24) is 14.9 Å². The van der Waals surface area contributed by atoms with Gasteiger partial charge in [-0.1, -0.05) is 23.7 Å². The maximum Gasteiger partial charge on any atom is 0.248 e. The Morgan fingerprint density at radius 2 is 2.14 bits per heavy atom. The molecular weight excluding hydrogens is 473 g/mol. The molecule has 2 heterocycles. The summed E-state index contributed by atoms with van der Waals surface area (Å²) in [7, 11) is 3.62. The van der Waals surface area contributed by atoms with Gasteiger partial charge in [0.2, 0.25) is 5.91 Å². The number of aromatic nitrogens is 2. The summed E-state index contributed by atoms with van der Waals surface area (Å²) >= 11 is 5.92. The molecule has 8 nitrogen and oxygen atoms in total. The lowest BCUT2D eigenvalue weighted by atomic mass is 10.1. The number of hydrogen-bond donors (Lipinski definition) is 2. The minimum atomic E-state index is -0.587. The second kappa shape index (κ2) is 11.4. The van der Waals surface area contributed by atoms with Gasteiger partial charge >= 0.3 is 0 Å². The standard InChI is InChI=1S/C25H27ClFN5O3/c1-32-10-4-5-16(32)8-9-23(33)30-21-13-17-20(14-22(21)35-12-11-34-2)28-15-29-25(17)31-19-7-3-6-18(26)24(19)27/h3,6-9,13-16H,4-5,10-12H2,1-2H3,(H,30,33)(H,28,29,31)/b9-8+/t16-/m1/s1. The highest BCUT2D eigenvalue weighted by atomic mass is 35.5. The van der Waals surface area contributed by atoms with Gasteiger partial charge in [-0.2, -0.15) is 0 Å². The summed E-state index contributed by atoms with van der Waals surface area (Å²) in [6.45, 7) is 1.68.